The summed E-state index contributed by atoms with van der Waals surface area (Å²) in [5.41, 5.74) is 3.64. The minimum atomic E-state index is -0.119. The van der Waals surface area contributed by atoms with E-state index < -0.39 is 0 Å². The summed E-state index contributed by atoms with van der Waals surface area (Å²) in [6.07, 6.45) is 0. The first-order valence-electron chi connectivity index (χ1n) is 7.96. The van der Waals surface area contributed by atoms with Gasteiger partial charge < -0.3 is 15.5 Å². The number of anilines is 3. The first kappa shape index (κ1) is 18.9. The van der Waals surface area contributed by atoms with E-state index in [0.29, 0.717) is 0 Å². The van der Waals surface area contributed by atoms with E-state index in [1.54, 1.807) is 0 Å². The van der Waals surface area contributed by atoms with Gasteiger partial charge in [0.05, 0.1) is 11.5 Å². The topological polar surface area (TPSA) is 61.4 Å². The van der Waals surface area contributed by atoms with Crippen molar-refractivity contribution < 1.29 is 9.59 Å². The Morgan fingerprint density at radius 1 is 0.920 bits per heavy atom. The number of rotatable bonds is 7. The van der Waals surface area contributed by atoms with Crippen LogP contribution >= 0.6 is 11.8 Å². The van der Waals surface area contributed by atoms with Gasteiger partial charge in [0.15, 0.2) is 0 Å². The molecule has 2 aromatic carbocycles. The van der Waals surface area contributed by atoms with E-state index in [-0.39, 0.29) is 23.3 Å². The van der Waals surface area contributed by atoms with Crippen LogP contribution in [-0.2, 0) is 9.59 Å². The minimum Gasteiger partial charge on any atom is -0.378 e. The quantitative estimate of drug-likeness (QED) is 0.798. The van der Waals surface area contributed by atoms with Crippen molar-refractivity contribution in [1.82, 2.24) is 0 Å². The summed E-state index contributed by atoms with van der Waals surface area (Å²) in [7, 11) is 3.93. The number of thioether (sulfide) groups is 1. The number of para-hydroxylation sites is 1. The molecule has 0 aliphatic heterocycles. The molecule has 0 heterocycles. The monoisotopic (exact) mass is 357 g/mol. The lowest BCUT2D eigenvalue weighted by molar-refractivity contribution is -0.114. The first-order chi connectivity index (χ1) is 12.0. The molecule has 6 heteroatoms. The second-order valence-electron chi connectivity index (χ2n) is 5.85. The molecule has 2 amide bonds. The van der Waals surface area contributed by atoms with Crippen LogP contribution in [0, 0.1) is 6.92 Å². The Morgan fingerprint density at radius 3 is 2.12 bits per heavy atom. The molecule has 5 nitrogen and oxygen atoms in total. The maximum atomic E-state index is 12.0. The van der Waals surface area contributed by atoms with Gasteiger partial charge in [-0.25, -0.2) is 0 Å². The normalized spacial score (nSPS) is 10.2. The molecule has 0 unspecified atom stereocenters. The molecule has 2 aromatic rings. The van der Waals surface area contributed by atoms with E-state index in [0.717, 1.165) is 22.6 Å². The lowest BCUT2D eigenvalue weighted by Crippen LogP contribution is -2.18. The van der Waals surface area contributed by atoms with Gasteiger partial charge in [-0.05, 0) is 42.8 Å². The fraction of sp³-hybridized carbons (Fsp3) is 0.263. The van der Waals surface area contributed by atoms with Gasteiger partial charge in [0.1, 0.15) is 0 Å². The number of carbonyl (C=O) groups is 2. The van der Waals surface area contributed by atoms with Crippen LogP contribution in [0.1, 0.15) is 5.56 Å². The zero-order valence-corrected chi connectivity index (χ0v) is 15.5. The third-order valence-corrected chi connectivity index (χ3v) is 4.49. The predicted molar refractivity (Wildman–Crippen MR) is 107 cm³/mol. The molecule has 25 heavy (non-hydrogen) atoms. The lowest BCUT2D eigenvalue weighted by Gasteiger charge is -2.13. The second kappa shape index (κ2) is 9.13. The van der Waals surface area contributed by atoms with E-state index in [1.807, 2.05) is 74.4 Å². The fourth-order valence-electron chi connectivity index (χ4n) is 2.18. The second-order valence-corrected chi connectivity index (χ2v) is 6.83. The van der Waals surface area contributed by atoms with Crippen LogP contribution in [0.4, 0.5) is 17.1 Å². The van der Waals surface area contributed by atoms with Crippen LogP contribution in [-0.4, -0.2) is 37.4 Å². The van der Waals surface area contributed by atoms with Crippen molar-refractivity contribution in [2.45, 2.75) is 6.92 Å². The molecule has 2 rings (SSSR count). The number of aryl methyl sites for hydroxylation is 1. The van der Waals surface area contributed by atoms with E-state index in [4.69, 9.17) is 0 Å². The molecule has 0 fully saturated rings. The van der Waals surface area contributed by atoms with Gasteiger partial charge in [-0.15, -0.1) is 11.8 Å². The number of amides is 2. The Morgan fingerprint density at radius 2 is 1.52 bits per heavy atom. The Kier molecular flexibility index (Phi) is 6.89. The smallest absolute Gasteiger partial charge is 0.234 e. The zero-order chi connectivity index (χ0) is 18.2. The molecule has 0 saturated carbocycles. The molecule has 0 atom stereocenters. The van der Waals surface area contributed by atoms with Gasteiger partial charge in [0.2, 0.25) is 11.8 Å². The molecule has 0 radical (unpaired) electrons. The Labute approximate surface area is 152 Å². The van der Waals surface area contributed by atoms with E-state index in [9.17, 15) is 9.59 Å². The van der Waals surface area contributed by atoms with Crippen molar-refractivity contribution >= 4 is 40.6 Å². The summed E-state index contributed by atoms with van der Waals surface area (Å²) in [4.78, 5) is 25.9. The largest absolute Gasteiger partial charge is 0.378 e. The first-order valence-corrected chi connectivity index (χ1v) is 9.11. The SMILES string of the molecule is Cc1ccccc1NC(=O)CSCC(=O)Nc1ccc(N(C)C)cc1. The molecular weight excluding hydrogens is 334 g/mol. The van der Waals surface area contributed by atoms with E-state index in [2.05, 4.69) is 10.6 Å². The number of carbonyl (C=O) groups excluding carboxylic acids is 2. The van der Waals surface area contributed by atoms with E-state index in [1.165, 1.54) is 11.8 Å². The summed E-state index contributed by atoms with van der Waals surface area (Å²) in [5, 5.41) is 5.68. The van der Waals surface area contributed by atoms with E-state index >= 15 is 0 Å². The number of hydrogen-bond acceptors (Lipinski definition) is 4. The maximum Gasteiger partial charge on any atom is 0.234 e. The van der Waals surface area contributed by atoms with Crippen molar-refractivity contribution in [2.75, 3.05) is 41.1 Å². The Bertz CT molecular complexity index is 730. The predicted octanol–water partition coefficient (Wildman–Crippen LogP) is 3.37. The summed E-state index contributed by atoms with van der Waals surface area (Å²) in [5.74, 6) is 0.242. The standard InChI is InChI=1S/C19H23N3O2S/c1-14-6-4-5-7-17(14)21-19(24)13-25-12-18(23)20-15-8-10-16(11-9-15)22(2)3/h4-11H,12-13H2,1-3H3,(H,20,23)(H,21,24). The number of hydrogen-bond donors (Lipinski definition) is 2. The Hall–Kier alpha value is -2.47. The van der Waals surface area contributed by atoms with Crippen molar-refractivity contribution in [2.24, 2.45) is 0 Å². The highest BCUT2D eigenvalue weighted by Gasteiger charge is 2.08. The highest BCUT2D eigenvalue weighted by atomic mass is 32.2. The van der Waals surface area contributed by atoms with Crippen LogP contribution < -0.4 is 15.5 Å². The van der Waals surface area contributed by atoms with Crippen molar-refractivity contribution in [3.63, 3.8) is 0 Å². The fourth-order valence-corrected chi connectivity index (χ4v) is 2.79. The molecule has 0 aliphatic rings. The highest BCUT2D eigenvalue weighted by Crippen LogP contribution is 2.16. The molecule has 0 spiro atoms. The van der Waals surface area contributed by atoms with Gasteiger partial charge in [0, 0.05) is 31.2 Å². The third-order valence-electron chi connectivity index (χ3n) is 3.55. The molecule has 0 aromatic heterocycles. The van der Waals surface area contributed by atoms with Crippen molar-refractivity contribution in [3.8, 4) is 0 Å². The molecule has 0 saturated heterocycles. The van der Waals surface area contributed by atoms with Gasteiger partial charge in [-0.2, -0.15) is 0 Å². The summed E-state index contributed by atoms with van der Waals surface area (Å²) < 4.78 is 0. The molecular formula is C19H23N3O2S. The van der Waals surface area contributed by atoms with Crippen LogP contribution in [0.5, 0.6) is 0 Å². The highest BCUT2D eigenvalue weighted by molar-refractivity contribution is 8.00. The third kappa shape index (κ3) is 6.15. The molecule has 0 bridgehead atoms. The number of nitrogens with zero attached hydrogens (tertiary/aromatic N) is 1. The zero-order valence-electron chi connectivity index (χ0n) is 14.7. The van der Waals surface area contributed by atoms with Gasteiger partial charge in [0.25, 0.3) is 0 Å². The van der Waals surface area contributed by atoms with Crippen LogP contribution in [0.15, 0.2) is 48.5 Å². The number of nitrogens with one attached hydrogen (secondary N) is 2. The van der Waals surface area contributed by atoms with Crippen LogP contribution in [0.3, 0.4) is 0 Å². The molecule has 2 N–H and O–H groups in total. The lowest BCUT2D eigenvalue weighted by atomic mass is 10.2. The summed E-state index contributed by atoms with van der Waals surface area (Å²) >= 11 is 1.29. The van der Waals surface area contributed by atoms with Crippen LogP contribution in [0.25, 0.3) is 0 Å². The average Bonchev–Trinajstić information content (AvgIpc) is 2.57. The summed E-state index contributed by atoms with van der Waals surface area (Å²) in [6, 6.07) is 15.2. The van der Waals surface area contributed by atoms with Crippen molar-refractivity contribution in [3.05, 3.63) is 54.1 Å². The Balaban J connectivity index is 1.73. The van der Waals surface area contributed by atoms with Gasteiger partial charge in [-0.1, -0.05) is 18.2 Å². The molecule has 132 valence electrons. The van der Waals surface area contributed by atoms with Gasteiger partial charge >= 0.3 is 0 Å². The molecule has 0 aliphatic carbocycles. The summed E-state index contributed by atoms with van der Waals surface area (Å²) in [6.45, 7) is 1.94. The van der Waals surface area contributed by atoms with Crippen molar-refractivity contribution in [1.29, 1.82) is 0 Å². The minimum absolute atomic E-state index is 0.109. The maximum absolute atomic E-state index is 12.0. The average molecular weight is 357 g/mol. The van der Waals surface area contributed by atoms with Crippen LogP contribution in [0.2, 0.25) is 0 Å². The van der Waals surface area contributed by atoms with Gasteiger partial charge in [-0.3, -0.25) is 9.59 Å². The number of benzene rings is 2.